The van der Waals surface area contributed by atoms with Crippen molar-refractivity contribution < 1.29 is 4.79 Å². The molecule has 3 rings (SSSR count). The summed E-state index contributed by atoms with van der Waals surface area (Å²) < 4.78 is 0. The molecule has 1 aliphatic rings. The number of Topliss-reactive ketones (excluding diaryl/α,β-unsaturated/α-hetero) is 1. The first kappa shape index (κ1) is 14.4. The topological polar surface area (TPSA) is 66.9 Å². The van der Waals surface area contributed by atoms with E-state index in [9.17, 15) is 10.1 Å². The first-order valence-electron chi connectivity index (χ1n) is 6.93. The van der Waals surface area contributed by atoms with E-state index in [1.54, 1.807) is 12.1 Å². The molecule has 4 heteroatoms. The van der Waals surface area contributed by atoms with Crippen molar-refractivity contribution >= 4 is 17.5 Å². The molecule has 108 valence electrons. The van der Waals surface area contributed by atoms with Gasteiger partial charge in [-0.1, -0.05) is 72.4 Å². The van der Waals surface area contributed by atoms with E-state index in [1.807, 2.05) is 48.5 Å². The minimum absolute atomic E-state index is 0.00709. The van der Waals surface area contributed by atoms with E-state index in [1.165, 1.54) is 11.8 Å². The Hall–Kier alpha value is -2.51. The third kappa shape index (κ3) is 2.51. The number of nitriles is 1. The summed E-state index contributed by atoms with van der Waals surface area (Å²) in [7, 11) is 0. The van der Waals surface area contributed by atoms with Crippen LogP contribution in [0.25, 0.3) is 0 Å². The first-order chi connectivity index (χ1) is 10.7. The highest BCUT2D eigenvalue weighted by molar-refractivity contribution is 8.04. The molecule has 1 heterocycles. The van der Waals surface area contributed by atoms with Gasteiger partial charge in [0.1, 0.15) is 0 Å². The van der Waals surface area contributed by atoms with Gasteiger partial charge in [0.15, 0.2) is 5.78 Å². The fraction of sp³-hybridized carbons (Fsp3) is 0.111. The van der Waals surface area contributed by atoms with Gasteiger partial charge in [-0.05, 0) is 5.56 Å². The molecule has 0 saturated heterocycles. The molecule has 0 fully saturated rings. The van der Waals surface area contributed by atoms with Crippen LogP contribution in [-0.4, -0.2) is 11.0 Å². The Morgan fingerprint density at radius 1 is 1.05 bits per heavy atom. The van der Waals surface area contributed by atoms with E-state index in [4.69, 9.17) is 5.73 Å². The minimum Gasteiger partial charge on any atom is -0.393 e. The minimum atomic E-state index is -0.389. The van der Waals surface area contributed by atoms with Crippen LogP contribution in [0.3, 0.4) is 0 Å². The summed E-state index contributed by atoms with van der Waals surface area (Å²) >= 11 is 1.29. The molecule has 2 N–H and O–H groups in total. The highest BCUT2D eigenvalue weighted by Gasteiger charge is 2.40. The fourth-order valence-corrected chi connectivity index (χ4v) is 3.92. The number of thioether (sulfide) groups is 1. The normalized spacial score (nSPS) is 20.7. The van der Waals surface area contributed by atoms with Crippen molar-refractivity contribution in [2.45, 2.75) is 11.2 Å². The lowest BCUT2D eigenvalue weighted by Crippen LogP contribution is -2.23. The van der Waals surface area contributed by atoms with Crippen LogP contribution in [-0.2, 0) is 0 Å². The zero-order chi connectivity index (χ0) is 15.5. The second-order valence-corrected chi connectivity index (χ2v) is 6.23. The molecule has 2 atom stereocenters. The average Bonchev–Trinajstić information content (AvgIpc) is 2.92. The van der Waals surface area contributed by atoms with Crippen LogP contribution >= 0.6 is 11.8 Å². The van der Waals surface area contributed by atoms with Crippen molar-refractivity contribution in [3.63, 3.8) is 0 Å². The Morgan fingerprint density at radius 3 is 2.23 bits per heavy atom. The molecule has 1 aliphatic heterocycles. The van der Waals surface area contributed by atoms with Crippen molar-refractivity contribution in [2.24, 2.45) is 5.73 Å². The van der Waals surface area contributed by atoms with Crippen molar-refractivity contribution in [2.75, 3.05) is 0 Å². The van der Waals surface area contributed by atoms with Gasteiger partial charge in [-0.3, -0.25) is 4.79 Å². The Kier molecular flexibility index (Phi) is 3.99. The van der Waals surface area contributed by atoms with E-state index >= 15 is 0 Å². The second kappa shape index (κ2) is 6.08. The van der Waals surface area contributed by atoms with Crippen LogP contribution in [0.5, 0.6) is 0 Å². The van der Waals surface area contributed by atoms with Crippen molar-refractivity contribution in [1.29, 1.82) is 5.26 Å². The third-order valence-electron chi connectivity index (χ3n) is 3.73. The second-order valence-electron chi connectivity index (χ2n) is 5.05. The fourth-order valence-electron chi connectivity index (χ4n) is 2.67. The zero-order valence-electron chi connectivity index (χ0n) is 11.8. The Morgan fingerprint density at radius 2 is 1.64 bits per heavy atom. The van der Waals surface area contributed by atoms with E-state index in [0.717, 1.165) is 5.56 Å². The summed E-state index contributed by atoms with van der Waals surface area (Å²) in [5, 5.41) is 9.49. The molecule has 0 aromatic heterocycles. The predicted molar refractivity (Wildman–Crippen MR) is 88.2 cm³/mol. The smallest absolute Gasteiger partial charge is 0.177 e. The van der Waals surface area contributed by atoms with Crippen LogP contribution in [0.1, 0.15) is 21.8 Å². The number of ketones is 1. The number of hydrogen-bond acceptors (Lipinski definition) is 4. The van der Waals surface area contributed by atoms with Gasteiger partial charge in [-0.2, -0.15) is 5.26 Å². The molecule has 0 bridgehead atoms. The van der Waals surface area contributed by atoms with E-state index in [2.05, 4.69) is 6.07 Å². The molecule has 0 amide bonds. The van der Waals surface area contributed by atoms with E-state index < -0.39 is 0 Å². The maximum Gasteiger partial charge on any atom is 0.177 e. The summed E-state index contributed by atoms with van der Waals surface area (Å²) in [6, 6.07) is 20.9. The summed E-state index contributed by atoms with van der Waals surface area (Å²) in [4.78, 5) is 12.8. The Labute approximate surface area is 133 Å². The molecule has 0 aliphatic carbocycles. The SMILES string of the molecule is N#CC1=C(N)S[C@H](C(=O)c2ccccc2)[C@@H]1c1ccccc1. The summed E-state index contributed by atoms with van der Waals surface area (Å²) in [5.74, 6) is -0.281. The van der Waals surface area contributed by atoms with Crippen LogP contribution in [0.2, 0.25) is 0 Å². The zero-order valence-corrected chi connectivity index (χ0v) is 12.6. The molecular formula is C18H14N2OS. The predicted octanol–water partition coefficient (Wildman–Crippen LogP) is 3.46. The number of nitrogens with zero attached hydrogens (tertiary/aromatic N) is 1. The van der Waals surface area contributed by atoms with Crippen LogP contribution in [0.15, 0.2) is 71.3 Å². The number of hydrogen-bond donors (Lipinski definition) is 1. The first-order valence-corrected chi connectivity index (χ1v) is 7.81. The van der Waals surface area contributed by atoms with Gasteiger partial charge in [0.05, 0.1) is 21.9 Å². The number of carbonyl (C=O) groups excluding carboxylic acids is 1. The number of carbonyl (C=O) groups is 1. The van der Waals surface area contributed by atoms with Crippen LogP contribution in [0.4, 0.5) is 0 Å². The Bertz CT molecular complexity index is 763. The lowest BCUT2D eigenvalue weighted by Gasteiger charge is -2.19. The van der Waals surface area contributed by atoms with Crippen LogP contribution in [0, 0.1) is 11.3 Å². The maximum atomic E-state index is 12.8. The Balaban J connectivity index is 2.02. The molecule has 22 heavy (non-hydrogen) atoms. The van der Waals surface area contributed by atoms with Crippen molar-refractivity contribution in [3.05, 3.63) is 82.4 Å². The summed E-state index contributed by atoms with van der Waals surface area (Å²) in [6.45, 7) is 0. The molecular weight excluding hydrogens is 292 g/mol. The largest absolute Gasteiger partial charge is 0.393 e. The lowest BCUT2D eigenvalue weighted by molar-refractivity contribution is 0.0985. The van der Waals surface area contributed by atoms with E-state index in [-0.39, 0.29) is 17.0 Å². The molecule has 0 radical (unpaired) electrons. The third-order valence-corrected chi connectivity index (χ3v) is 4.94. The van der Waals surface area contributed by atoms with Gasteiger partial charge in [0, 0.05) is 11.5 Å². The highest BCUT2D eigenvalue weighted by atomic mass is 32.2. The average molecular weight is 306 g/mol. The highest BCUT2D eigenvalue weighted by Crippen LogP contribution is 2.46. The molecule has 3 nitrogen and oxygen atoms in total. The molecule has 2 aromatic carbocycles. The number of benzene rings is 2. The number of allylic oxidation sites excluding steroid dienone is 1. The molecule has 0 saturated carbocycles. The summed E-state index contributed by atoms with van der Waals surface area (Å²) in [6.07, 6.45) is 0. The monoisotopic (exact) mass is 306 g/mol. The van der Waals surface area contributed by atoms with Gasteiger partial charge >= 0.3 is 0 Å². The van der Waals surface area contributed by atoms with E-state index in [0.29, 0.717) is 16.2 Å². The quantitative estimate of drug-likeness (QED) is 0.882. The lowest BCUT2D eigenvalue weighted by atomic mass is 9.86. The number of rotatable bonds is 3. The van der Waals surface area contributed by atoms with Crippen molar-refractivity contribution in [3.8, 4) is 6.07 Å². The van der Waals surface area contributed by atoms with Crippen molar-refractivity contribution in [1.82, 2.24) is 0 Å². The van der Waals surface area contributed by atoms with Gasteiger partial charge < -0.3 is 5.73 Å². The molecule has 2 aromatic rings. The molecule has 0 spiro atoms. The summed E-state index contributed by atoms with van der Waals surface area (Å²) in [5.41, 5.74) is 8.07. The van der Waals surface area contributed by atoms with Gasteiger partial charge in [-0.25, -0.2) is 0 Å². The van der Waals surface area contributed by atoms with Gasteiger partial charge in [0.2, 0.25) is 0 Å². The van der Waals surface area contributed by atoms with Gasteiger partial charge in [0.25, 0.3) is 0 Å². The maximum absolute atomic E-state index is 12.8. The van der Waals surface area contributed by atoms with Gasteiger partial charge in [-0.15, -0.1) is 0 Å². The standard InChI is InChI=1S/C18H14N2OS/c19-11-14-15(12-7-3-1-4-8-12)17(22-18(14)20)16(21)13-9-5-2-6-10-13/h1-10,15,17H,20H2/t15-,17+/m1/s1. The van der Waals surface area contributed by atoms with Crippen LogP contribution < -0.4 is 5.73 Å². The molecule has 0 unspecified atom stereocenters. The number of nitrogens with two attached hydrogens (primary N) is 1.